The summed E-state index contributed by atoms with van der Waals surface area (Å²) in [6.45, 7) is 4.92. The summed E-state index contributed by atoms with van der Waals surface area (Å²) in [5.74, 6) is -2.57. The molecule has 6 heteroatoms. The highest BCUT2D eigenvalue weighted by atomic mass is 35.5. The maximum atomic E-state index is 12.1. The minimum absolute atomic E-state index is 0.104. The second-order valence-corrected chi connectivity index (χ2v) is 7.30. The van der Waals surface area contributed by atoms with Gasteiger partial charge in [-0.25, -0.2) is 9.59 Å². The summed E-state index contributed by atoms with van der Waals surface area (Å²) in [5, 5.41) is 0.659. The minimum Gasteiger partial charge on any atom is -0.419 e. The van der Waals surface area contributed by atoms with Gasteiger partial charge < -0.3 is 14.4 Å². The average molecular weight is 376 g/mol. The quantitative estimate of drug-likeness (QED) is 0.455. The largest absolute Gasteiger partial charge is 0.419 e. The van der Waals surface area contributed by atoms with Crippen LogP contribution >= 0.6 is 11.6 Å². The van der Waals surface area contributed by atoms with Crippen LogP contribution in [0.1, 0.15) is 38.7 Å². The first-order valence-corrected chi connectivity index (χ1v) is 9.13. The molecule has 26 heavy (non-hydrogen) atoms. The number of piperidine rings is 1. The van der Waals surface area contributed by atoms with Gasteiger partial charge in [0.15, 0.2) is 0 Å². The van der Waals surface area contributed by atoms with E-state index in [4.69, 9.17) is 21.1 Å². The van der Waals surface area contributed by atoms with E-state index in [1.54, 1.807) is 6.08 Å². The number of esters is 2. The standard InChI is InChI=1S/C20H22ClNO4/c1-20(2)25-18(23)16(19(24)26-20)10-11-17(22-12-4-3-5-13-22)14-6-8-15(21)9-7-14/h6-11H,3-5,12-13H2,1-2H3. The monoisotopic (exact) mass is 375 g/mol. The van der Waals surface area contributed by atoms with Crippen LogP contribution in [0.2, 0.25) is 5.02 Å². The van der Waals surface area contributed by atoms with Crippen LogP contribution in [0.3, 0.4) is 0 Å². The SMILES string of the molecule is CC1(C)OC(=O)C(=CC=C(c2ccc(Cl)cc2)N2CCCCC2)C(=O)O1. The first kappa shape index (κ1) is 18.5. The highest BCUT2D eigenvalue weighted by Crippen LogP contribution is 2.27. The van der Waals surface area contributed by atoms with Gasteiger partial charge in [0, 0.05) is 37.7 Å². The van der Waals surface area contributed by atoms with Crippen LogP contribution in [0.4, 0.5) is 0 Å². The van der Waals surface area contributed by atoms with E-state index in [-0.39, 0.29) is 5.57 Å². The van der Waals surface area contributed by atoms with E-state index >= 15 is 0 Å². The number of likely N-dealkylation sites (tertiary alicyclic amines) is 1. The fraction of sp³-hybridized carbons (Fsp3) is 0.400. The second kappa shape index (κ2) is 7.54. The number of cyclic esters (lactones) is 2. The third kappa shape index (κ3) is 4.28. The maximum Gasteiger partial charge on any atom is 0.348 e. The summed E-state index contributed by atoms with van der Waals surface area (Å²) < 4.78 is 10.3. The molecule has 0 saturated carbocycles. The van der Waals surface area contributed by atoms with Crippen molar-refractivity contribution < 1.29 is 19.1 Å². The zero-order chi connectivity index (χ0) is 18.7. The molecule has 2 aliphatic heterocycles. The van der Waals surface area contributed by atoms with Crippen molar-refractivity contribution in [3.05, 3.63) is 52.6 Å². The number of benzene rings is 1. The first-order valence-electron chi connectivity index (χ1n) is 8.75. The highest BCUT2D eigenvalue weighted by Gasteiger charge is 2.38. The lowest BCUT2D eigenvalue weighted by atomic mass is 10.0. The number of carbonyl (C=O) groups excluding carboxylic acids is 2. The van der Waals surface area contributed by atoms with Crippen molar-refractivity contribution in [2.75, 3.05) is 13.1 Å². The number of hydrogen-bond acceptors (Lipinski definition) is 5. The van der Waals surface area contributed by atoms with Gasteiger partial charge in [0.05, 0.1) is 0 Å². The van der Waals surface area contributed by atoms with Gasteiger partial charge in [0.1, 0.15) is 5.57 Å². The molecule has 1 aromatic rings. The second-order valence-electron chi connectivity index (χ2n) is 6.87. The number of carbonyl (C=O) groups is 2. The van der Waals surface area contributed by atoms with E-state index in [1.807, 2.05) is 24.3 Å². The van der Waals surface area contributed by atoms with Crippen LogP contribution < -0.4 is 0 Å². The molecule has 3 rings (SSSR count). The summed E-state index contributed by atoms with van der Waals surface area (Å²) >= 11 is 6.00. The predicted molar refractivity (Wildman–Crippen MR) is 99.2 cm³/mol. The first-order chi connectivity index (χ1) is 12.4. The fourth-order valence-electron chi connectivity index (χ4n) is 3.10. The summed E-state index contributed by atoms with van der Waals surface area (Å²) in [6.07, 6.45) is 6.70. The highest BCUT2D eigenvalue weighted by molar-refractivity contribution is 6.30. The van der Waals surface area contributed by atoms with E-state index in [0.29, 0.717) is 5.02 Å². The molecule has 1 aromatic carbocycles. The van der Waals surface area contributed by atoms with Crippen LogP contribution in [-0.2, 0) is 19.1 Å². The Kier molecular flexibility index (Phi) is 5.37. The lowest BCUT2D eigenvalue weighted by Crippen LogP contribution is -2.41. The molecule has 5 nitrogen and oxygen atoms in total. The maximum absolute atomic E-state index is 12.1. The number of allylic oxidation sites excluding steroid dienone is 2. The third-order valence-electron chi connectivity index (χ3n) is 4.36. The van der Waals surface area contributed by atoms with Gasteiger partial charge in [-0.2, -0.15) is 0 Å². The summed E-state index contributed by atoms with van der Waals surface area (Å²) in [4.78, 5) is 26.5. The smallest absolute Gasteiger partial charge is 0.348 e. The number of rotatable bonds is 3. The number of halogens is 1. The Morgan fingerprint density at radius 2 is 1.62 bits per heavy atom. The van der Waals surface area contributed by atoms with Crippen molar-refractivity contribution in [3.8, 4) is 0 Å². The molecule has 2 saturated heterocycles. The molecule has 2 fully saturated rings. The van der Waals surface area contributed by atoms with Crippen molar-refractivity contribution in [1.82, 2.24) is 4.90 Å². The molecule has 138 valence electrons. The van der Waals surface area contributed by atoms with Crippen molar-refractivity contribution in [2.24, 2.45) is 0 Å². The molecule has 0 aromatic heterocycles. The predicted octanol–water partition coefficient (Wildman–Crippen LogP) is 3.93. The van der Waals surface area contributed by atoms with E-state index < -0.39 is 17.7 Å². The Morgan fingerprint density at radius 1 is 1.04 bits per heavy atom. The Hall–Kier alpha value is -2.27. The van der Waals surface area contributed by atoms with Crippen molar-refractivity contribution in [3.63, 3.8) is 0 Å². The van der Waals surface area contributed by atoms with Gasteiger partial charge in [-0.05, 0) is 49.1 Å². The number of ether oxygens (including phenoxy) is 2. The van der Waals surface area contributed by atoms with Crippen molar-refractivity contribution in [1.29, 1.82) is 0 Å². The lowest BCUT2D eigenvalue weighted by molar-refractivity contribution is -0.222. The van der Waals surface area contributed by atoms with Gasteiger partial charge in [-0.3, -0.25) is 0 Å². The van der Waals surface area contributed by atoms with Crippen LogP contribution in [0.15, 0.2) is 42.0 Å². The average Bonchev–Trinajstić information content (AvgIpc) is 2.58. The minimum atomic E-state index is -1.24. The van der Waals surface area contributed by atoms with E-state index in [1.165, 1.54) is 26.3 Å². The summed E-state index contributed by atoms with van der Waals surface area (Å²) in [6, 6.07) is 7.52. The lowest BCUT2D eigenvalue weighted by Gasteiger charge is -2.31. The Morgan fingerprint density at radius 3 is 2.19 bits per heavy atom. The molecule has 0 N–H and O–H groups in total. The molecule has 0 aliphatic carbocycles. The molecule has 0 atom stereocenters. The Balaban J connectivity index is 1.94. The molecule has 0 radical (unpaired) electrons. The van der Waals surface area contributed by atoms with Gasteiger partial charge in [-0.1, -0.05) is 23.7 Å². The molecule has 0 unspecified atom stereocenters. The summed E-state index contributed by atoms with van der Waals surface area (Å²) in [5.41, 5.74) is 1.82. The Labute approximate surface area is 158 Å². The number of hydrogen-bond donors (Lipinski definition) is 0. The van der Waals surface area contributed by atoms with E-state index in [2.05, 4.69) is 4.90 Å². The summed E-state index contributed by atoms with van der Waals surface area (Å²) in [7, 11) is 0. The third-order valence-corrected chi connectivity index (χ3v) is 4.61. The topological polar surface area (TPSA) is 55.8 Å². The normalized spacial score (nSPS) is 20.5. The van der Waals surface area contributed by atoms with E-state index in [0.717, 1.165) is 37.2 Å². The van der Waals surface area contributed by atoms with Gasteiger partial charge in [0.2, 0.25) is 0 Å². The molecular weight excluding hydrogens is 354 g/mol. The molecule has 0 bridgehead atoms. The Bertz CT molecular complexity index is 737. The van der Waals surface area contributed by atoms with E-state index in [9.17, 15) is 9.59 Å². The van der Waals surface area contributed by atoms with Gasteiger partial charge in [-0.15, -0.1) is 0 Å². The fourth-order valence-corrected chi connectivity index (χ4v) is 3.22. The zero-order valence-corrected chi connectivity index (χ0v) is 15.7. The molecule has 0 spiro atoms. The van der Waals surface area contributed by atoms with Gasteiger partial charge in [0.25, 0.3) is 5.79 Å². The van der Waals surface area contributed by atoms with Crippen LogP contribution in [0.5, 0.6) is 0 Å². The molecule has 2 heterocycles. The molecule has 2 aliphatic rings. The molecular formula is C20H22ClNO4. The van der Waals surface area contributed by atoms with Crippen LogP contribution in [0.25, 0.3) is 5.70 Å². The molecule has 0 amide bonds. The van der Waals surface area contributed by atoms with Gasteiger partial charge >= 0.3 is 11.9 Å². The van der Waals surface area contributed by atoms with Crippen LogP contribution in [0, 0.1) is 0 Å². The zero-order valence-electron chi connectivity index (χ0n) is 15.0. The van der Waals surface area contributed by atoms with Crippen molar-refractivity contribution in [2.45, 2.75) is 38.9 Å². The van der Waals surface area contributed by atoms with Crippen LogP contribution in [-0.4, -0.2) is 35.7 Å². The van der Waals surface area contributed by atoms with Crippen molar-refractivity contribution >= 4 is 29.2 Å². The number of nitrogens with zero attached hydrogens (tertiary/aromatic N) is 1.